The van der Waals surface area contributed by atoms with Gasteiger partial charge in [0.25, 0.3) is 0 Å². The molecule has 3 nitrogen and oxygen atoms in total. The third-order valence-corrected chi connectivity index (χ3v) is 9.83. The van der Waals surface area contributed by atoms with E-state index in [-0.39, 0.29) is 22.2 Å². The van der Waals surface area contributed by atoms with Crippen LogP contribution >= 0.6 is 0 Å². The highest BCUT2D eigenvalue weighted by atomic mass is 16.5. The fourth-order valence-electron chi connectivity index (χ4n) is 8.34. The van der Waals surface area contributed by atoms with Gasteiger partial charge in [0.1, 0.15) is 0 Å². The number of cyclic esters (lactones) is 1. The third kappa shape index (κ3) is 1.85. The molecule has 1 aliphatic heterocycles. The molecule has 4 aliphatic carbocycles. The summed E-state index contributed by atoms with van der Waals surface area (Å²) in [6, 6.07) is 0. The van der Waals surface area contributed by atoms with Crippen molar-refractivity contribution in [2.24, 2.45) is 39.9 Å². The number of rotatable bonds is 0. The highest BCUT2D eigenvalue weighted by Gasteiger charge is 2.69. The lowest BCUT2D eigenvalue weighted by Gasteiger charge is -2.61. The molecule has 26 heavy (non-hydrogen) atoms. The van der Waals surface area contributed by atoms with Crippen LogP contribution in [0.15, 0.2) is 11.6 Å². The Labute approximate surface area is 156 Å². The number of allylic oxidation sites excluding steroid dienone is 1. The van der Waals surface area contributed by atoms with E-state index in [1.54, 1.807) is 0 Å². The zero-order valence-corrected chi connectivity index (χ0v) is 16.5. The van der Waals surface area contributed by atoms with E-state index in [4.69, 9.17) is 4.74 Å². The van der Waals surface area contributed by atoms with Gasteiger partial charge in [0.05, 0.1) is 12.0 Å². The molecular formula is C23H32O3. The Kier molecular flexibility index (Phi) is 3.42. The molecule has 142 valence electrons. The zero-order chi connectivity index (χ0) is 18.3. The lowest BCUT2D eigenvalue weighted by atomic mass is 9.43. The quantitative estimate of drug-likeness (QED) is 0.591. The van der Waals surface area contributed by atoms with Crippen LogP contribution in [0.3, 0.4) is 0 Å². The first-order chi connectivity index (χ1) is 12.3. The molecule has 0 N–H and O–H groups in total. The minimum atomic E-state index is -0.206. The van der Waals surface area contributed by atoms with E-state index < -0.39 is 0 Å². The van der Waals surface area contributed by atoms with Crippen LogP contribution in [0.5, 0.6) is 0 Å². The molecule has 5 aliphatic rings. The van der Waals surface area contributed by atoms with Crippen molar-refractivity contribution in [2.45, 2.75) is 72.1 Å². The molecule has 0 bridgehead atoms. The monoisotopic (exact) mass is 356 g/mol. The van der Waals surface area contributed by atoms with Gasteiger partial charge in [-0.2, -0.15) is 0 Å². The predicted molar refractivity (Wildman–Crippen MR) is 99.3 cm³/mol. The number of fused-ring (bicyclic) bond motifs is 6. The fourth-order valence-corrected chi connectivity index (χ4v) is 8.34. The smallest absolute Gasteiger partial charge is 0.312 e. The number of hydrogen-bond acceptors (Lipinski definition) is 3. The van der Waals surface area contributed by atoms with Crippen LogP contribution in [0.1, 0.15) is 72.1 Å². The molecule has 3 saturated carbocycles. The van der Waals surface area contributed by atoms with Gasteiger partial charge in [0.15, 0.2) is 5.78 Å². The van der Waals surface area contributed by atoms with Gasteiger partial charge in [-0.05, 0) is 85.5 Å². The lowest BCUT2D eigenvalue weighted by Crippen LogP contribution is -2.55. The van der Waals surface area contributed by atoms with Gasteiger partial charge in [0, 0.05) is 6.42 Å². The summed E-state index contributed by atoms with van der Waals surface area (Å²) in [7, 11) is 0. The minimum Gasteiger partial charge on any atom is -0.465 e. The van der Waals surface area contributed by atoms with Crippen molar-refractivity contribution < 1.29 is 14.3 Å². The van der Waals surface area contributed by atoms with Crippen LogP contribution in [0.4, 0.5) is 0 Å². The Balaban J connectivity index is 1.55. The molecule has 6 unspecified atom stereocenters. The summed E-state index contributed by atoms with van der Waals surface area (Å²) in [5.41, 5.74) is 1.54. The van der Waals surface area contributed by atoms with Gasteiger partial charge < -0.3 is 4.74 Å². The van der Waals surface area contributed by atoms with E-state index in [9.17, 15) is 9.59 Å². The summed E-state index contributed by atoms with van der Waals surface area (Å²) in [6.45, 7) is 7.88. The van der Waals surface area contributed by atoms with Crippen molar-refractivity contribution in [2.75, 3.05) is 6.61 Å². The fraction of sp³-hybridized carbons (Fsp3) is 0.826. The molecule has 1 heterocycles. The summed E-state index contributed by atoms with van der Waals surface area (Å²) >= 11 is 0. The number of carbonyl (C=O) groups is 2. The molecule has 3 heteroatoms. The first-order valence-electron chi connectivity index (χ1n) is 10.7. The maximum absolute atomic E-state index is 12.8. The van der Waals surface area contributed by atoms with Crippen LogP contribution in [-0.4, -0.2) is 18.4 Å². The molecule has 0 aromatic heterocycles. The maximum atomic E-state index is 12.8. The van der Waals surface area contributed by atoms with Gasteiger partial charge in [-0.1, -0.05) is 26.3 Å². The molecular weight excluding hydrogens is 324 g/mol. The summed E-state index contributed by atoms with van der Waals surface area (Å²) < 4.78 is 5.50. The van der Waals surface area contributed by atoms with Crippen molar-refractivity contribution in [3.05, 3.63) is 11.6 Å². The largest absolute Gasteiger partial charge is 0.465 e. The summed E-state index contributed by atoms with van der Waals surface area (Å²) in [5.74, 6) is 3.05. The van der Waals surface area contributed by atoms with E-state index in [0.717, 1.165) is 38.5 Å². The van der Waals surface area contributed by atoms with Crippen LogP contribution in [0.2, 0.25) is 0 Å². The molecule has 0 aromatic rings. The van der Waals surface area contributed by atoms with Crippen LogP contribution in [0, 0.1) is 39.9 Å². The normalized spacial score (nSPS) is 53.0. The van der Waals surface area contributed by atoms with Crippen molar-refractivity contribution in [3.63, 3.8) is 0 Å². The maximum Gasteiger partial charge on any atom is 0.312 e. The van der Waals surface area contributed by atoms with Gasteiger partial charge >= 0.3 is 5.97 Å². The Morgan fingerprint density at radius 2 is 1.81 bits per heavy atom. The zero-order valence-electron chi connectivity index (χ0n) is 16.5. The summed E-state index contributed by atoms with van der Waals surface area (Å²) in [4.78, 5) is 24.8. The summed E-state index contributed by atoms with van der Waals surface area (Å²) in [5, 5.41) is 0. The van der Waals surface area contributed by atoms with Gasteiger partial charge in [-0.3, -0.25) is 9.59 Å². The molecule has 1 saturated heterocycles. The number of ketones is 1. The average Bonchev–Trinajstić information content (AvgIpc) is 3.12. The SMILES string of the molecule is C[C@@H]1CC2=CC(=O)CCC2(C)C2CCC3(C)C(CCC34CCOC4=O)C21. The second-order valence-electron chi connectivity index (χ2n) is 10.5. The van der Waals surface area contributed by atoms with E-state index in [1.807, 2.05) is 6.08 Å². The van der Waals surface area contributed by atoms with E-state index in [1.165, 1.54) is 18.4 Å². The first-order valence-corrected chi connectivity index (χ1v) is 10.7. The van der Waals surface area contributed by atoms with Gasteiger partial charge in [-0.15, -0.1) is 0 Å². The highest BCUT2D eigenvalue weighted by Crippen LogP contribution is 2.72. The van der Waals surface area contributed by atoms with Crippen LogP contribution < -0.4 is 0 Å². The molecule has 0 amide bonds. The standard InChI is InChI=1S/C23H32O3/c1-14-12-15-13-16(24)4-7-21(15,2)17-5-8-22(3)18(19(14)17)6-9-23(22)10-11-26-20(23)25/h13-14,17-19H,4-12H2,1-3H3/t14-,17?,18?,19?,21?,22?,23?/m1/s1. The van der Waals surface area contributed by atoms with Crippen LogP contribution in [-0.2, 0) is 14.3 Å². The number of ether oxygens (including phenoxy) is 1. The topological polar surface area (TPSA) is 43.4 Å². The Morgan fingerprint density at radius 1 is 1.04 bits per heavy atom. The molecule has 1 spiro atoms. The van der Waals surface area contributed by atoms with Gasteiger partial charge in [-0.25, -0.2) is 0 Å². The van der Waals surface area contributed by atoms with Crippen molar-refractivity contribution in [3.8, 4) is 0 Å². The Morgan fingerprint density at radius 3 is 2.54 bits per heavy atom. The minimum absolute atomic E-state index is 0.0967. The first kappa shape index (κ1) is 17.0. The number of hydrogen-bond donors (Lipinski definition) is 0. The second-order valence-corrected chi connectivity index (χ2v) is 10.5. The van der Waals surface area contributed by atoms with Crippen molar-refractivity contribution in [1.29, 1.82) is 0 Å². The van der Waals surface area contributed by atoms with Crippen molar-refractivity contribution in [1.82, 2.24) is 0 Å². The van der Waals surface area contributed by atoms with Crippen LogP contribution in [0.25, 0.3) is 0 Å². The molecule has 4 fully saturated rings. The van der Waals surface area contributed by atoms with E-state index in [2.05, 4.69) is 20.8 Å². The number of carbonyl (C=O) groups excluding carboxylic acids is 2. The number of esters is 1. The lowest BCUT2D eigenvalue weighted by molar-refractivity contribution is -0.158. The summed E-state index contributed by atoms with van der Waals surface area (Å²) in [6.07, 6.45) is 10.3. The molecule has 5 rings (SSSR count). The third-order valence-electron chi connectivity index (χ3n) is 9.83. The molecule has 7 atom stereocenters. The Hall–Kier alpha value is -1.12. The molecule has 0 radical (unpaired) electrons. The average molecular weight is 357 g/mol. The predicted octanol–water partition coefficient (Wildman–Crippen LogP) is 4.70. The van der Waals surface area contributed by atoms with Gasteiger partial charge in [0.2, 0.25) is 0 Å². The second kappa shape index (κ2) is 5.23. The molecule has 0 aromatic carbocycles. The Bertz CT molecular complexity index is 708. The van der Waals surface area contributed by atoms with Crippen molar-refractivity contribution >= 4 is 11.8 Å². The highest BCUT2D eigenvalue weighted by molar-refractivity contribution is 5.91. The van der Waals surface area contributed by atoms with E-state index >= 15 is 0 Å². The van der Waals surface area contributed by atoms with E-state index in [0.29, 0.717) is 36.1 Å².